The number of hydrogen-bond acceptors (Lipinski definition) is 9. The molecule has 0 bridgehead atoms. The standard InChI is InChI=1S/C15H15BN4O6S/c1-25-20-11(9-6-27-15(17)18-9)13(21)19-10-5-7-3-2-4-8(14(22)23)12(7)26-16(10)24/h2-4,6,10,24H,5H2,1H3,(H2,17,18)(H,19,21)(H,22,23). The van der Waals surface area contributed by atoms with E-state index >= 15 is 0 Å². The first kappa shape index (κ1) is 18.7. The summed E-state index contributed by atoms with van der Waals surface area (Å²) in [5, 5.41) is 27.5. The number of nitrogens with zero attached hydrogens (tertiary/aromatic N) is 2. The van der Waals surface area contributed by atoms with Crippen molar-refractivity contribution in [3.63, 3.8) is 0 Å². The van der Waals surface area contributed by atoms with Gasteiger partial charge in [-0.1, -0.05) is 17.3 Å². The molecule has 0 saturated carbocycles. The van der Waals surface area contributed by atoms with Crippen LogP contribution in [0.5, 0.6) is 5.75 Å². The van der Waals surface area contributed by atoms with E-state index in [0.29, 0.717) is 5.56 Å². The first-order chi connectivity index (χ1) is 12.9. The van der Waals surface area contributed by atoms with Crippen LogP contribution in [0.2, 0.25) is 0 Å². The van der Waals surface area contributed by atoms with Crippen LogP contribution in [0.1, 0.15) is 21.6 Å². The van der Waals surface area contributed by atoms with E-state index < -0.39 is 24.9 Å². The van der Waals surface area contributed by atoms with Crippen LogP contribution in [-0.4, -0.2) is 52.9 Å². The van der Waals surface area contributed by atoms with Gasteiger partial charge in [0, 0.05) is 5.38 Å². The van der Waals surface area contributed by atoms with Crippen molar-refractivity contribution < 1.29 is 29.2 Å². The summed E-state index contributed by atoms with van der Waals surface area (Å²) in [6, 6.07) is 4.61. The highest BCUT2D eigenvalue weighted by Crippen LogP contribution is 2.30. The van der Waals surface area contributed by atoms with Crippen molar-refractivity contribution in [1.29, 1.82) is 0 Å². The summed E-state index contributed by atoms with van der Waals surface area (Å²) in [5.41, 5.74) is 6.20. The number of carboxylic acids is 1. The summed E-state index contributed by atoms with van der Waals surface area (Å²) < 4.78 is 5.34. The Morgan fingerprint density at radius 1 is 1.52 bits per heavy atom. The lowest BCUT2D eigenvalue weighted by atomic mass is 9.72. The largest absolute Gasteiger partial charge is 0.547 e. The normalized spacial score (nSPS) is 16.3. The van der Waals surface area contributed by atoms with Crippen molar-refractivity contribution in [2.75, 3.05) is 12.8 Å². The van der Waals surface area contributed by atoms with E-state index in [9.17, 15) is 19.7 Å². The molecule has 0 radical (unpaired) electrons. The number of carbonyl (C=O) groups is 2. The van der Waals surface area contributed by atoms with Crippen LogP contribution in [0.25, 0.3) is 0 Å². The van der Waals surface area contributed by atoms with Crippen molar-refractivity contribution in [1.82, 2.24) is 10.3 Å². The molecule has 0 saturated heterocycles. The number of fused-ring (bicyclic) bond motifs is 1. The number of carboxylic acid groups (broad SMARTS) is 1. The first-order valence-electron chi connectivity index (χ1n) is 7.74. The number of aromatic nitrogens is 1. The number of rotatable bonds is 5. The number of amides is 1. The van der Waals surface area contributed by atoms with Gasteiger partial charge in [0.2, 0.25) is 0 Å². The van der Waals surface area contributed by atoms with Crippen molar-refractivity contribution in [3.8, 4) is 5.75 Å². The Morgan fingerprint density at radius 3 is 2.93 bits per heavy atom. The molecule has 3 rings (SSSR count). The molecule has 0 spiro atoms. The van der Waals surface area contributed by atoms with E-state index in [1.165, 1.54) is 13.2 Å². The summed E-state index contributed by atoms with van der Waals surface area (Å²) >= 11 is 1.14. The molecule has 140 valence electrons. The molecule has 0 fully saturated rings. The third kappa shape index (κ3) is 3.86. The van der Waals surface area contributed by atoms with Crippen molar-refractivity contribution >= 4 is 41.2 Å². The Balaban J connectivity index is 1.81. The van der Waals surface area contributed by atoms with Crippen LogP contribution < -0.4 is 15.7 Å². The summed E-state index contributed by atoms with van der Waals surface area (Å²) in [6.45, 7) is 0. The van der Waals surface area contributed by atoms with Crippen LogP contribution in [0.15, 0.2) is 28.7 Å². The van der Waals surface area contributed by atoms with E-state index in [-0.39, 0.29) is 34.3 Å². The molecule has 5 N–H and O–H groups in total. The molecular formula is C15H15BN4O6S. The lowest BCUT2D eigenvalue weighted by molar-refractivity contribution is -0.115. The molecule has 12 heteroatoms. The Kier molecular flexibility index (Phi) is 5.28. The highest BCUT2D eigenvalue weighted by molar-refractivity contribution is 7.13. The smallest absolute Gasteiger partial charge is 0.534 e. The van der Waals surface area contributed by atoms with Gasteiger partial charge in [0.1, 0.15) is 18.6 Å². The summed E-state index contributed by atoms with van der Waals surface area (Å²) in [7, 11) is -0.156. The fraction of sp³-hybridized carbons (Fsp3) is 0.200. The van der Waals surface area contributed by atoms with Crippen LogP contribution >= 0.6 is 11.3 Å². The zero-order valence-electron chi connectivity index (χ0n) is 14.1. The van der Waals surface area contributed by atoms with Gasteiger partial charge in [-0.3, -0.25) is 4.79 Å². The van der Waals surface area contributed by atoms with Gasteiger partial charge in [-0.25, -0.2) is 9.78 Å². The number of oxime groups is 1. The number of anilines is 1. The van der Waals surface area contributed by atoms with Crippen LogP contribution in [0.3, 0.4) is 0 Å². The maximum Gasteiger partial charge on any atom is 0.547 e. The molecule has 1 atom stereocenters. The predicted octanol–water partition coefficient (Wildman–Crippen LogP) is -0.0864. The highest BCUT2D eigenvalue weighted by Gasteiger charge is 2.38. The Bertz CT molecular complexity index is 917. The number of para-hydroxylation sites is 1. The molecule has 1 aromatic heterocycles. The van der Waals surface area contributed by atoms with E-state index in [1.807, 2.05) is 0 Å². The second-order valence-electron chi connectivity index (χ2n) is 5.58. The lowest BCUT2D eigenvalue weighted by Crippen LogP contribution is -2.54. The molecule has 0 aliphatic carbocycles. The third-order valence-electron chi connectivity index (χ3n) is 3.83. The van der Waals surface area contributed by atoms with Gasteiger partial charge >= 0.3 is 13.1 Å². The van der Waals surface area contributed by atoms with E-state index in [0.717, 1.165) is 11.3 Å². The van der Waals surface area contributed by atoms with Gasteiger partial charge in [0.25, 0.3) is 5.91 Å². The molecule has 1 aliphatic heterocycles. The number of thiazole rings is 1. The van der Waals surface area contributed by atoms with Gasteiger partial charge in [0.05, 0.1) is 11.5 Å². The van der Waals surface area contributed by atoms with E-state index in [1.54, 1.807) is 17.5 Å². The van der Waals surface area contributed by atoms with Gasteiger partial charge < -0.3 is 30.7 Å². The van der Waals surface area contributed by atoms with Gasteiger partial charge in [-0.2, -0.15) is 0 Å². The maximum absolute atomic E-state index is 12.6. The quantitative estimate of drug-likeness (QED) is 0.314. The molecule has 1 aromatic carbocycles. The van der Waals surface area contributed by atoms with E-state index in [2.05, 4.69) is 15.5 Å². The number of nitrogen functional groups attached to an aromatic ring is 1. The van der Waals surface area contributed by atoms with Gasteiger partial charge in [-0.05, 0) is 18.1 Å². The topological polar surface area (TPSA) is 156 Å². The molecule has 1 amide bonds. The summed E-state index contributed by atoms with van der Waals surface area (Å²) in [5.74, 6) is -2.56. The average molecular weight is 390 g/mol. The van der Waals surface area contributed by atoms with Crippen molar-refractivity contribution in [2.24, 2.45) is 5.16 Å². The van der Waals surface area contributed by atoms with Gasteiger partial charge in [0.15, 0.2) is 10.8 Å². The molecule has 2 aromatic rings. The monoisotopic (exact) mass is 390 g/mol. The second kappa shape index (κ2) is 7.64. The summed E-state index contributed by atoms with van der Waals surface area (Å²) in [4.78, 5) is 32.6. The number of hydrogen-bond donors (Lipinski definition) is 4. The zero-order chi connectivity index (χ0) is 19.6. The molecule has 1 aliphatic rings. The number of aromatic carboxylic acids is 1. The highest BCUT2D eigenvalue weighted by atomic mass is 32.1. The zero-order valence-corrected chi connectivity index (χ0v) is 14.9. The lowest BCUT2D eigenvalue weighted by Gasteiger charge is -2.28. The number of nitrogens with one attached hydrogen (secondary N) is 1. The minimum Gasteiger partial charge on any atom is -0.534 e. The SMILES string of the molecule is CON=C(C(=O)NC1Cc2cccc(C(=O)O)c2OB1O)c1csc(N)n1. The predicted molar refractivity (Wildman–Crippen MR) is 97.7 cm³/mol. The molecule has 10 nitrogen and oxygen atoms in total. The van der Waals surface area contributed by atoms with Crippen LogP contribution in [-0.2, 0) is 16.1 Å². The number of benzene rings is 1. The Labute approximate surface area is 157 Å². The minimum absolute atomic E-state index is 0.0593. The summed E-state index contributed by atoms with van der Waals surface area (Å²) in [6.07, 6.45) is 0.169. The first-order valence-corrected chi connectivity index (χ1v) is 8.62. The number of nitrogens with two attached hydrogens (primary N) is 1. The molecule has 27 heavy (non-hydrogen) atoms. The fourth-order valence-corrected chi connectivity index (χ4v) is 3.19. The fourth-order valence-electron chi connectivity index (χ4n) is 2.65. The average Bonchev–Trinajstić information content (AvgIpc) is 3.05. The van der Waals surface area contributed by atoms with Crippen molar-refractivity contribution in [2.45, 2.75) is 12.4 Å². The molecule has 1 unspecified atom stereocenters. The third-order valence-corrected chi connectivity index (χ3v) is 4.50. The molecule has 2 heterocycles. The Hall–Kier alpha value is -3.12. The van der Waals surface area contributed by atoms with E-state index in [4.69, 9.17) is 15.2 Å². The second-order valence-corrected chi connectivity index (χ2v) is 6.47. The minimum atomic E-state index is -1.44. The molecular weight excluding hydrogens is 375 g/mol. The number of carbonyl (C=O) groups excluding carboxylic acids is 1. The maximum atomic E-state index is 12.6. The van der Waals surface area contributed by atoms with Gasteiger partial charge in [-0.15, -0.1) is 11.3 Å². The van der Waals surface area contributed by atoms with Crippen molar-refractivity contribution in [3.05, 3.63) is 40.4 Å². The van der Waals surface area contributed by atoms with Crippen LogP contribution in [0.4, 0.5) is 5.13 Å². The van der Waals surface area contributed by atoms with Crippen LogP contribution in [0, 0.1) is 0 Å². The Morgan fingerprint density at radius 2 is 2.30 bits per heavy atom.